The van der Waals surface area contributed by atoms with Crippen molar-refractivity contribution in [2.75, 3.05) is 0 Å². The standard InChI is InChI=1S/C13H18FNO2S/c1-10-9-11(14)7-8-13(10)18(16,17)15-12-5-3-2-4-6-12/h7-9,12,15H,2-6H2,1H3. The molecule has 0 bridgehead atoms. The van der Waals surface area contributed by atoms with E-state index in [0.717, 1.165) is 25.7 Å². The molecule has 18 heavy (non-hydrogen) atoms. The summed E-state index contributed by atoms with van der Waals surface area (Å²) in [6, 6.07) is 3.78. The van der Waals surface area contributed by atoms with Crippen LogP contribution in [0.4, 0.5) is 4.39 Å². The number of aryl methyl sites for hydroxylation is 1. The number of halogens is 1. The van der Waals surface area contributed by atoms with Gasteiger partial charge in [-0.25, -0.2) is 17.5 Å². The summed E-state index contributed by atoms with van der Waals surface area (Å²) in [5, 5.41) is 0. The molecule has 1 fully saturated rings. The van der Waals surface area contributed by atoms with E-state index in [1.54, 1.807) is 6.92 Å². The molecule has 100 valence electrons. The van der Waals surface area contributed by atoms with Crippen LogP contribution in [0.15, 0.2) is 23.1 Å². The van der Waals surface area contributed by atoms with Gasteiger partial charge in [0, 0.05) is 6.04 Å². The zero-order valence-electron chi connectivity index (χ0n) is 10.4. The van der Waals surface area contributed by atoms with Crippen LogP contribution in [0.2, 0.25) is 0 Å². The second-order valence-corrected chi connectivity index (χ2v) is 6.55. The van der Waals surface area contributed by atoms with Gasteiger partial charge in [0.1, 0.15) is 5.82 Å². The number of benzene rings is 1. The van der Waals surface area contributed by atoms with E-state index < -0.39 is 15.8 Å². The van der Waals surface area contributed by atoms with E-state index in [1.165, 1.54) is 24.6 Å². The third-order valence-electron chi connectivity index (χ3n) is 3.35. The highest BCUT2D eigenvalue weighted by molar-refractivity contribution is 7.89. The first-order valence-electron chi connectivity index (χ1n) is 6.27. The van der Waals surface area contributed by atoms with Gasteiger partial charge in [-0.3, -0.25) is 0 Å². The van der Waals surface area contributed by atoms with E-state index in [-0.39, 0.29) is 10.9 Å². The molecule has 0 aromatic heterocycles. The lowest BCUT2D eigenvalue weighted by molar-refractivity contribution is 0.412. The Morgan fingerprint density at radius 1 is 1.22 bits per heavy atom. The Balaban J connectivity index is 2.19. The van der Waals surface area contributed by atoms with Crippen LogP contribution in [-0.4, -0.2) is 14.5 Å². The van der Waals surface area contributed by atoms with Gasteiger partial charge in [-0.2, -0.15) is 0 Å². The van der Waals surface area contributed by atoms with Gasteiger partial charge in [0.15, 0.2) is 0 Å². The highest BCUT2D eigenvalue weighted by Crippen LogP contribution is 2.21. The van der Waals surface area contributed by atoms with Crippen molar-refractivity contribution in [2.45, 2.75) is 50.0 Å². The molecule has 5 heteroatoms. The molecule has 0 amide bonds. The van der Waals surface area contributed by atoms with Crippen LogP contribution in [0.5, 0.6) is 0 Å². The van der Waals surface area contributed by atoms with Crippen LogP contribution in [0, 0.1) is 12.7 Å². The van der Waals surface area contributed by atoms with Crippen molar-refractivity contribution in [1.29, 1.82) is 0 Å². The SMILES string of the molecule is Cc1cc(F)ccc1S(=O)(=O)NC1CCCCC1. The summed E-state index contributed by atoms with van der Waals surface area (Å²) in [5.41, 5.74) is 0.443. The third-order valence-corrected chi connectivity index (χ3v) is 5.03. The smallest absolute Gasteiger partial charge is 0.208 e. The number of hydrogen-bond donors (Lipinski definition) is 1. The number of nitrogens with one attached hydrogen (secondary N) is 1. The zero-order chi connectivity index (χ0) is 13.2. The number of sulfonamides is 1. The molecule has 1 aromatic rings. The summed E-state index contributed by atoms with van der Waals surface area (Å²) >= 11 is 0. The predicted octanol–water partition coefficient (Wildman–Crippen LogP) is 2.75. The minimum Gasteiger partial charge on any atom is -0.208 e. The van der Waals surface area contributed by atoms with Crippen molar-refractivity contribution in [2.24, 2.45) is 0 Å². The molecule has 1 N–H and O–H groups in total. The van der Waals surface area contributed by atoms with Gasteiger partial charge >= 0.3 is 0 Å². The summed E-state index contributed by atoms with van der Waals surface area (Å²) in [4.78, 5) is 0.175. The Morgan fingerprint density at radius 3 is 2.50 bits per heavy atom. The molecule has 1 aliphatic rings. The van der Waals surface area contributed by atoms with E-state index in [1.807, 2.05) is 0 Å². The largest absolute Gasteiger partial charge is 0.241 e. The van der Waals surface area contributed by atoms with Gasteiger partial charge in [0.25, 0.3) is 0 Å². The lowest BCUT2D eigenvalue weighted by atomic mass is 9.96. The van der Waals surface area contributed by atoms with Crippen molar-refractivity contribution >= 4 is 10.0 Å². The van der Waals surface area contributed by atoms with Crippen molar-refractivity contribution in [1.82, 2.24) is 4.72 Å². The molecule has 2 rings (SSSR count). The number of rotatable bonds is 3. The normalized spacial score (nSPS) is 17.9. The Hall–Kier alpha value is -0.940. The lowest BCUT2D eigenvalue weighted by Crippen LogP contribution is -2.36. The van der Waals surface area contributed by atoms with Gasteiger partial charge in [0.2, 0.25) is 10.0 Å². The van der Waals surface area contributed by atoms with E-state index in [4.69, 9.17) is 0 Å². The minimum atomic E-state index is -3.52. The lowest BCUT2D eigenvalue weighted by Gasteiger charge is -2.23. The maximum Gasteiger partial charge on any atom is 0.241 e. The first kappa shape index (κ1) is 13.5. The molecule has 0 aliphatic heterocycles. The molecular formula is C13H18FNO2S. The molecule has 3 nitrogen and oxygen atoms in total. The van der Waals surface area contributed by atoms with Crippen LogP contribution in [0.3, 0.4) is 0 Å². The first-order valence-corrected chi connectivity index (χ1v) is 7.76. The second kappa shape index (κ2) is 5.36. The second-order valence-electron chi connectivity index (χ2n) is 4.87. The zero-order valence-corrected chi connectivity index (χ0v) is 11.3. The third kappa shape index (κ3) is 3.09. The van der Waals surface area contributed by atoms with Gasteiger partial charge in [-0.15, -0.1) is 0 Å². The summed E-state index contributed by atoms with van der Waals surface area (Å²) in [5.74, 6) is -0.413. The summed E-state index contributed by atoms with van der Waals surface area (Å²) in [7, 11) is -3.52. The van der Waals surface area contributed by atoms with Gasteiger partial charge in [-0.1, -0.05) is 19.3 Å². The molecular weight excluding hydrogens is 253 g/mol. The fourth-order valence-electron chi connectivity index (χ4n) is 2.42. The molecule has 1 aromatic carbocycles. The fraction of sp³-hybridized carbons (Fsp3) is 0.538. The minimum absolute atomic E-state index is 0.0215. The number of hydrogen-bond acceptors (Lipinski definition) is 2. The molecule has 0 saturated heterocycles. The first-order chi connectivity index (χ1) is 8.49. The molecule has 0 heterocycles. The molecule has 0 radical (unpaired) electrons. The van der Waals surface area contributed by atoms with Gasteiger partial charge < -0.3 is 0 Å². The Labute approximate surface area is 107 Å². The van der Waals surface area contributed by atoms with E-state index in [9.17, 15) is 12.8 Å². The topological polar surface area (TPSA) is 46.2 Å². The fourth-order valence-corrected chi connectivity index (χ4v) is 3.95. The van der Waals surface area contributed by atoms with Crippen LogP contribution >= 0.6 is 0 Å². The van der Waals surface area contributed by atoms with Crippen LogP contribution < -0.4 is 4.72 Å². The maximum absolute atomic E-state index is 13.0. The van der Waals surface area contributed by atoms with E-state index in [2.05, 4.69) is 4.72 Å². The molecule has 0 spiro atoms. The molecule has 1 aliphatic carbocycles. The maximum atomic E-state index is 13.0. The average Bonchev–Trinajstić information content (AvgIpc) is 2.29. The predicted molar refractivity (Wildman–Crippen MR) is 68.3 cm³/mol. The Morgan fingerprint density at radius 2 is 1.89 bits per heavy atom. The van der Waals surface area contributed by atoms with Crippen LogP contribution in [0.1, 0.15) is 37.7 Å². The highest BCUT2D eigenvalue weighted by atomic mass is 32.2. The molecule has 0 atom stereocenters. The van der Waals surface area contributed by atoms with E-state index >= 15 is 0 Å². The van der Waals surface area contributed by atoms with Crippen molar-refractivity contribution < 1.29 is 12.8 Å². The van der Waals surface area contributed by atoms with Crippen LogP contribution in [-0.2, 0) is 10.0 Å². The molecule has 0 unspecified atom stereocenters. The Kier molecular flexibility index (Phi) is 4.02. The van der Waals surface area contributed by atoms with Crippen molar-refractivity contribution in [3.05, 3.63) is 29.6 Å². The van der Waals surface area contributed by atoms with E-state index in [0.29, 0.717) is 5.56 Å². The molecule has 1 saturated carbocycles. The van der Waals surface area contributed by atoms with Gasteiger partial charge in [0.05, 0.1) is 4.90 Å². The summed E-state index contributed by atoms with van der Waals surface area (Å²) < 4.78 is 40.1. The highest BCUT2D eigenvalue weighted by Gasteiger charge is 2.23. The quantitative estimate of drug-likeness (QED) is 0.918. The average molecular weight is 271 g/mol. The van der Waals surface area contributed by atoms with Crippen molar-refractivity contribution in [3.8, 4) is 0 Å². The summed E-state index contributed by atoms with van der Waals surface area (Å²) in [6.07, 6.45) is 5.08. The van der Waals surface area contributed by atoms with Crippen LogP contribution in [0.25, 0.3) is 0 Å². The summed E-state index contributed by atoms with van der Waals surface area (Å²) in [6.45, 7) is 1.61. The van der Waals surface area contributed by atoms with Gasteiger partial charge in [-0.05, 0) is 43.5 Å². The van der Waals surface area contributed by atoms with Crippen molar-refractivity contribution in [3.63, 3.8) is 0 Å². The Bertz CT molecular complexity index is 522. The monoisotopic (exact) mass is 271 g/mol.